The molecule has 0 fully saturated rings. The zero-order valence-electron chi connectivity index (χ0n) is 16.6. The molecule has 0 aliphatic heterocycles. The average molecular weight is 393 g/mol. The zero-order valence-corrected chi connectivity index (χ0v) is 16.6. The summed E-state index contributed by atoms with van der Waals surface area (Å²) in [5, 5.41) is 5.05. The molecular formula is C23H23NO5. The number of carbonyl (C=O) groups is 2. The van der Waals surface area contributed by atoms with Gasteiger partial charge in [0.1, 0.15) is 0 Å². The Hall–Kier alpha value is -3.54. The lowest BCUT2D eigenvalue weighted by Crippen LogP contribution is -2.31. The van der Waals surface area contributed by atoms with Crippen molar-refractivity contribution in [2.45, 2.75) is 13.0 Å². The van der Waals surface area contributed by atoms with Gasteiger partial charge in [0.25, 0.3) is 5.91 Å². The van der Waals surface area contributed by atoms with Crippen molar-refractivity contribution in [3.8, 4) is 11.5 Å². The van der Waals surface area contributed by atoms with Crippen LogP contribution in [0.1, 0.15) is 28.9 Å². The summed E-state index contributed by atoms with van der Waals surface area (Å²) in [6.45, 7) is 1.53. The van der Waals surface area contributed by atoms with E-state index in [1.165, 1.54) is 20.3 Å². The van der Waals surface area contributed by atoms with Crippen LogP contribution < -0.4 is 14.8 Å². The lowest BCUT2D eigenvalue weighted by atomic mass is 10.00. The Kier molecular flexibility index (Phi) is 6.34. The summed E-state index contributed by atoms with van der Waals surface area (Å²) in [7, 11) is 2.99. The standard InChI is InChI=1S/C23H23NO5/c1-15(18-10-6-8-16-7-4-5-9-19(16)18)24-22(25)14-29-23(26)17-11-12-20(27-2)21(13-17)28-3/h4-13,15H,14H2,1-3H3,(H,24,25)/t15-/m0/s1. The highest BCUT2D eigenvalue weighted by Crippen LogP contribution is 2.28. The normalized spacial score (nSPS) is 11.6. The Bertz CT molecular complexity index is 1030. The van der Waals surface area contributed by atoms with Gasteiger partial charge in [0.05, 0.1) is 25.8 Å². The molecule has 3 rings (SSSR count). The average Bonchev–Trinajstić information content (AvgIpc) is 2.76. The van der Waals surface area contributed by atoms with Gasteiger partial charge in [0, 0.05) is 0 Å². The Morgan fingerprint density at radius 1 is 0.931 bits per heavy atom. The van der Waals surface area contributed by atoms with Gasteiger partial charge in [-0.25, -0.2) is 4.79 Å². The first-order valence-electron chi connectivity index (χ1n) is 9.19. The molecule has 6 nitrogen and oxygen atoms in total. The Morgan fingerprint density at radius 2 is 1.66 bits per heavy atom. The molecule has 6 heteroatoms. The number of rotatable bonds is 7. The van der Waals surface area contributed by atoms with Crippen LogP contribution >= 0.6 is 0 Å². The van der Waals surface area contributed by atoms with E-state index < -0.39 is 5.97 Å². The molecule has 0 saturated heterocycles. The van der Waals surface area contributed by atoms with E-state index in [1.54, 1.807) is 12.1 Å². The number of ether oxygens (including phenoxy) is 3. The molecule has 1 N–H and O–H groups in total. The molecule has 0 aliphatic carbocycles. The largest absolute Gasteiger partial charge is 0.493 e. The topological polar surface area (TPSA) is 73.9 Å². The predicted octanol–water partition coefficient (Wildman–Crippen LogP) is 3.89. The van der Waals surface area contributed by atoms with Crippen molar-refractivity contribution in [2.75, 3.05) is 20.8 Å². The van der Waals surface area contributed by atoms with Crippen molar-refractivity contribution >= 4 is 22.6 Å². The minimum absolute atomic E-state index is 0.228. The summed E-state index contributed by atoms with van der Waals surface area (Å²) >= 11 is 0. The molecule has 29 heavy (non-hydrogen) atoms. The van der Waals surface area contributed by atoms with Gasteiger partial charge in [0.15, 0.2) is 18.1 Å². The number of nitrogens with one attached hydrogen (secondary N) is 1. The molecule has 150 valence electrons. The quantitative estimate of drug-likeness (QED) is 0.617. The SMILES string of the molecule is COc1ccc(C(=O)OCC(=O)N[C@@H](C)c2cccc3ccccc23)cc1OC. The van der Waals surface area contributed by atoms with Gasteiger partial charge in [-0.3, -0.25) is 4.79 Å². The molecule has 0 aromatic heterocycles. The fraction of sp³-hybridized carbons (Fsp3) is 0.217. The molecular weight excluding hydrogens is 370 g/mol. The van der Waals surface area contributed by atoms with Gasteiger partial charge in [-0.2, -0.15) is 0 Å². The summed E-state index contributed by atoms with van der Waals surface area (Å²) in [5.74, 6) is -0.0696. The van der Waals surface area contributed by atoms with Crippen LogP contribution in [0.15, 0.2) is 60.7 Å². The van der Waals surface area contributed by atoms with Crippen LogP contribution in [-0.4, -0.2) is 32.7 Å². The minimum Gasteiger partial charge on any atom is -0.493 e. The number of esters is 1. The summed E-state index contributed by atoms with van der Waals surface area (Å²) in [5.41, 5.74) is 1.28. The first-order chi connectivity index (χ1) is 14.0. The van der Waals surface area contributed by atoms with Crippen molar-refractivity contribution in [2.24, 2.45) is 0 Å². The third-order valence-corrected chi connectivity index (χ3v) is 4.62. The van der Waals surface area contributed by atoms with E-state index in [0.29, 0.717) is 11.5 Å². The predicted molar refractivity (Wildman–Crippen MR) is 110 cm³/mol. The number of amides is 1. The molecule has 3 aromatic carbocycles. The summed E-state index contributed by atoms with van der Waals surface area (Å²) < 4.78 is 15.5. The van der Waals surface area contributed by atoms with Gasteiger partial charge in [-0.1, -0.05) is 42.5 Å². The van der Waals surface area contributed by atoms with Crippen LogP contribution in [0.3, 0.4) is 0 Å². The van der Waals surface area contributed by atoms with Crippen LogP contribution in [0.2, 0.25) is 0 Å². The molecule has 1 atom stereocenters. The summed E-state index contributed by atoms with van der Waals surface area (Å²) in [6, 6.07) is 18.4. The Labute approximate surface area is 169 Å². The first kappa shape index (κ1) is 20.2. The number of benzene rings is 3. The molecule has 1 amide bonds. The zero-order chi connectivity index (χ0) is 20.8. The van der Waals surface area contributed by atoms with Crippen molar-refractivity contribution in [1.29, 1.82) is 0 Å². The maximum atomic E-state index is 12.3. The van der Waals surface area contributed by atoms with Crippen molar-refractivity contribution in [3.63, 3.8) is 0 Å². The molecule has 0 radical (unpaired) electrons. The molecule has 0 saturated carbocycles. The number of fused-ring (bicyclic) bond motifs is 1. The van der Waals surface area contributed by atoms with Crippen molar-refractivity contribution in [3.05, 3.63) is 71.8 Å². The van der Waals surface area contributed by atoms with E-state index in [2.05, 4.69) is 5.32 Å². The molecule has 0 bridgehead atoms. The van der Waals surface area contributed by atoms with E-state index in [-0.39, 0.29) is 24.1 Å². The highest BCUT2D eigenvalue weighted by molar-refractivity contribution is 5.92. The molecule has 0 unspecified atom stereocenters. The van der Waals surface area contributed by atoms with E-state index in [1.807, 2.05) is 49.4 Å². The second-order valence-corrected chi connectivity index (χ2v) is 6.50. The third kappa shape index (κ3) is 4.66. The smallest absolute Gasteiger partial charge is 0.338 e. The fourth-order valence-electron chi connectivity index (χ4n) is 3.17. The lowest BCUT2D eigenvalue weighted by Gasteiger charge is -2.17. The second kappa shape index (κ2) is 9.10. The van der Waals surface area contributed by atoms with E-state index in [4.69, 9.17) is 14.2 Å². The van der Waals surface area contributed by atoms with Crippen LogP contribution in [0.25, 0.3) is 10.8 Å². The van der Waals surface area contributed by atoms with Gasteiger partial charge in [0.2, 0.25) is 0 Å². The monoisotopic (exact) mass is 393 g/mol. The molecule has 0 heterocycles. The van der Waals surface area contributed by atoms with Gasteiger partial charge in [-0.15, -0.1) is 0 Å². The van der Waals surface area contributed by atoms with Gasteiger partial charge >= 0.3 is 5.97 Å². The number of methoxy groups -OCH3 is 2. The molecule has 0 aliphatic rings. The van der Waals surface area contributed by atoms with Crippen molar-refractivity contribution in [1.82, 2.24) is 5.32 Å². The van der Waals surface area contributed by atoms with Gasteiger partial charge < -0.3 is 19.5 Å². The third-order valence-electron chi connectivity index (χ3n) is 4.62. The summed E-state index contributed by atoms with van der Waals surface area (Å²) in [6.07, 6.45) is 0. The van der Waals surface area contributed by atoms with Crippen LogP contribution in [0, 0.1) is 0 Å². The highest BCUT2D eigenvalue weighted by Gasteiger charge is 2.16. The summed E-state index contributed by atoms with van der Waals surface area (Å²) in [4.78, 5) is 24.5. The first-order valence-corrected chi connectivity index (χ1v) is 9.19. The highest BCUT2D eigenvalue weighted by atomic mass is 16.5. The number of hydrogen-bond donors (Lipinski definition) is 1. The fourth-order valence-corrected chi connectivity index (χ4v) is 3.17. The van der Waals surface area contributed by atoms with Crippen LogP contribution in [0.4, 0.5) is 0 Å². The molecule has 3 aromatic rings. The number of carbonyl (C=O) groups excluding carboxylic acids is 2. The number of hydrogen-bond acceptors (Lipinski definition) is 5. The maximum Gasteiger partial charge on any atom is 0.338 e. The minimum atomic E-state index is -0.612. The van der Waals surface area contributed by atoms with Crippen LogP contribution in [-0.2, 0) is 9.53 Å². The Morgan fingerprint density at radius 3 is 2.41 bits per heavy atom. The molecule has 0 spiro atoms. The van der Waals surface area contributed by atoms with E-state index in [0.717, 1.165) is 16.3 Å². The lowest BCUT2D eigenvalue weighted by molar-refractivity contribution is -0.124. The van der Waals surface area contributed by atoms with E-state index >= 15 is 0 Å². The van der Waals surface area contributed by atoms with Crippen molar-refractivity contribution < 1.29 is 23.8 Å². The van der Waals surface area contributed by atoms with Gasteiger partial charge in [-0.05, 0) is 41.5 Å². The van der Waals surface area contributed by atoms with Crippen LogP contribution in [0.5, 0.6) is 11.5 Å². The Balaban J connectivity index is 1.61. The maximum absolute atomic E-state index is 12.3. The van der Waals surface area contributed by atoms with E-state index in [9.17, 15) is 9.59 Å². The second-order valence-electron chi connectivity index (χ2n) is 6.50.